The highest BCUT2D eigenvalue weighted by molar-refractivity contribution is 14.1. The third kappa shape index (κ3) is 5.67. The predicted molar refractivity (Wildman–Crippen MR) is 123 cm³/mol. The normalized spacial score (nSPS) is 10.9. The van der Waals surface area contributed by atoms with E-state index in [2.05, 4.69) is 28.7 Å². The number of allylic oxidation sites excluding steroid dienone is 1. The van der Waals surface area contributed by atoms with Gasteiger partial charge >= 0.3 is 5.97 Å². The van der Waals surface area contributed by atoms with E-state index in [1.165, 1.54) is 24.3 Å². The molecule has 31 heavy (non-hydrogen) atoms. The average Bonchev–Trinajstić information content (AvgIpc) is 2.77. The highest BCUT2D eigenvalue weighted by Crippen LogP contribution is 2.27. The third-order valence-electron chi connectivity index (χ3n) is 4.35. The summed E-state index contributed by atoms with van der Waals surface area (Å²) < 4.78 is 6.64. The summed E-state index contributed by atoms with van der Waals surface area (Å²) in [5.74, 6) is -0.332. The van der Waals surface area contributed by atoms with Gasteiger partial charge in [-0.3, -0.25) is 10.1 Å². The summed E-state index contributed by atoms with van der Waals surface area (Å²) >= 11 is 2.13. The van der Waals surface area contributed by atoms with Gasteiger partial charge in [0, 0.05) is 12.1 Å². The molecular formula is C23H15IN2O5. The van der Waals surface area contributed by atoms with E-state index >= 15 is 0 Å². The van der Waals surface area contributed by atoms with Crippen LogP contribution < -0.4 is 4.74 Å². The molecule has 3 aromatic rings. The van der Waals surface area contributed by atoms with E-state index in [1.807, 2.05) is 6.07 Å². The molecular weight excluding hydrogens is 511 g/mol. The number of benzene rings is 3. The number of hydrogen-bond acceptors (Lipinski definition) is 5. The number of nitro benzene ring substituents is 1. The van der Waals surface area contributed by atoms with Crippen LogP contribution in [0.1, 0.15) is 27.0 Å². The molecule has 0 heterocycles. The van der Waals surface area contributed by atoms with Crippen molar-refractivity contribution in [1.29, 1.82) is 5.26 Å². The van der Waals surface area contributed by atoms with Gasteiger partial charge in [0.2, 0.25) is 0 Å². The molecule has 3 aromatic carbocycles. The number of carbonyl (C=O) groups is 1. The van der Waals surface area contributed by atoms with Crippen LogP contribution in [0.25, 0.3) is 11.6 Å². The fourth-order valence-electron chi connectivity index (χ4n) is 2.76. The van der Waals surface area contributed by atoms with E-state index < -0.39 is 10.9 Å². The van der Waals surface area contributed by atoms with Crippen molar-refractivity contribution < 1.29 is 19.6 Å². The third-order valence-corrected chi connectivity index (χ3v) is 5.19. The second-order valence-corrected chi connectivity index (χ2v) is 7.62. The Bertz CT molecular complexity index is 1210. The van der Waals surface area contributed by atoms with Crippen LogP contribution in [0.5, 0.6) is 5.75 Å². The van der Waals surface area contributed by atoms with Crippen LogP contribution in [-0.4, -0.2) is 16.0 Å². The molecule has 0 radical (unpaired) electrons. The van der Waals surface area contributed by atoms with Gasteiger partial charge in [-0.2, -0.15) is 5.26 Å². The number of carboxylic acids is 1. The second kappa shape index (κ2) is 9.86. The van der Waals surface area contributed by atoms with Gasteiger partial charge in [0.25, 0.3) is 5.69 Å². The molecule has 0 aromatic heterocycles. The largest absolute Gasteiger partial charge is 0.488 e. The Balaban J connectivity index is 1.76. The fraction of sp³-hybridized carbons (Fsp3) is 0.0435. The molecule has 0 atom stereocenters. The van der Waals surface area contributed by atoms with E-state index in [0.29, 0.717) is 16.9 Å². The zero-order valence-corrected chi connectivity index (χ0v) is 18.1. The van der Waals surface area contributed by atoms with Crippen molar-refractivity contribution in [3.05, 3.63) is 103 Å². The summed E-state index contributed by atoms with van der Waals surface area (Å²) in [4.78, 5) is 21.4. The number of nitriles is 1. The Labute approximate surface area is 191 Å². The molecule has 0 bridgehead atoms. The molecule has 0 aliphatic carbocycles. The number of hydrogen-bond donors (Lipinski definition) is 1. The van der Waals surface area contributed by atoms with Gasteiger partial charge in [0.1, 0.15) is 12.4 Å². The van der Waals surface area contributed by atoms with E-state index in [9.17, 15) is 20.2 Å². The summed E-state index contributed by atoms with van der Waals surface area (Å²) in [6, 6.07) is 19.9. The molecule has 154 valence electrons. The molecule has 0 spiro atoms. The Kier molecular flexibility index (Phi) is 6.99. The molecule has 3 rings (SSSR count). The maximum atomic E-state index is 11.0. The first kappa shape index (κ1) is 22.0. The van der Waals surface area contributed by atoms with Gasteiger partial charge in [-0.25, -0.2) is 4.79 Å². The monoisotopic (exact) mass is 526 g/mol. The minimum absolute atomic E-state index is 0.0756. The Hall–Kier alpha value is -3.71. The lowest BCUT2D eigenvalue weighted by atomic mass is 10.0. The van der Waals surface area contributed by atoms with E-state index in [1.54, 1.807) is 42.5 Å². The van der Waals surface area contributed by atoms with Crippen molar-refractivity contribution in [2.75, 3.05) is 0 Å². The molecule has 0 unspecified atom stereocenters. The molecule has 0 fully saturated rings. The number of halogens is 1. The summed E-state index contributed by atoms with van der Waals surface area (Å²) in [6.45, 7) is 0.280. The summed E-state index contributed by atoms with van der Waals surface area (Å²) in [7, 11) is 0. The number of non-ortho nitro benzene ring substituents is 1. The number of nitrogens with zero attached hydrogens (tertiary/aromatic N) is 2. The topological polar surface area (TPSA) is 113 Å². The SMILES string of the molecule is N#C/C(=C/c1ccc(OCc2ccc(C(=O)O)cc2)c(I)c1)c1cccc([N+](=O)[O-])c1. The number of ether oxygens (including phenoxy) is 1. The lowest BCUT2D eigenvalue weighted by Gasteiger charge is -2.09. The van der Waals surface area contributed by atoms with Gasteiger partial charge in [-0.15, -0.1) is 0 Å². The van der Waals surface area contributed by atoms with Crippen LogP contribution in [0.4, 0.5) is 5.69 Å². The maximum absolute atomic E-state index is 11.0. The smallest absolute Gasteiger partial charge is 0.335 e. The van der Waals surface area contributed by atoms with E-state index in [4.69, 9.17) is 9.84 Å². The zero-order chi connectivity index (χ0) is 22.4. The summed E-state index contributed by atoms with van der Waals surface area (Å²) in [6.07, 6.45) is 1.66. The van der Waals surface area contributed by atoms with E-state index in [0.717, 1.165) is 14.7 Å². The lowest BCUT2D eigenvalue weighted by molar-refractivity contribution is -0.384. The van der Waals surface area contributed by atoms with Crippen LogP contribution in [0.3, 0.4) is 0 Å². The van der Waals surface area contributed by atoms with Crippen LogP contribution >= 0.6 is 22.6 Å². The molecule has 8 heteroatoms. The minimum Gasteiger partial charge on any atom is -0.488 e. The average molecular weight is 526 g/mol. The molecule has 0 aliphatic heterocycles. The lowest BCUT2D eigenvalue weighted by Crippen LogP contribution is -1.99. The highest BCUT2D eigenvalue weighted by Gasteiger charge is 2.10. The van der Waals surface area contributed by atoms with Gasteiger partial charge in [0.15, 0.2) is 0 Å². The van der Waals surface area contributed by atoms with Gasteiger partial charge in [-0.1, -0.05) is 30.3 Å². The highest BCUT2D eigenvalue weighted by atomic mass is 127. The first-order valence-corrected chi connectivity index (χ1v) is 10.1. The van der Waals surface area contributed by atoms with Crippen molar-refractivity contribution in [3.63, 3.8) is 0 Å². The van der Waals surface area contributed by atoms with Crippen LogP contribution in [0.2, 0.25) is 0 Å². The molecule has 0 amide bonds. The number of aromatic carboxylic acids is 1. The fourth-order valence-corrected chi connectivity index (χ4v) is 3.46. The Morgan fingerprint density at radius 3 is 2.48 bits per heavy atom. The van der Waals surface area contributed by atoms with Crippen LogP contribution in [0.15, 0.2) is 66.7 Å². The predicted octanol–water partition coefficient (Wildman–Crippen LogP) is 5.54. The van der Waals surface area contributed by atoms with Crippen molar-refractivity contribution in [2.24, 2.45) is 0 Å². The van der Waals surface area contributed by atoms with Crippen molar-refractivity contribution in [1.82, 2.24) is 0 Å². The van der Waals surface area contributed by atoms with Gasteiger partial charge < -0.3 is 9.84 Å². The van der Waals surface area contributed by atoms with Crippen molar-refractivity contribution in [2.45, 2.75) is 6.61 Å². The first-order valence-electron chi connectivity index (χ1n) is 8.98. The Morgan fingerprint density at radius 1 is 1.13 bits per heavy atom. The molecule has 0 saturated carbocycles. The molecule has 0 aliphatic rings. The molecule has 1 N–H and O–H groups in total. The zero-order valence-electron chi connectivity index (χ0n) is 16.0. The number of rotatable bonds is 7. The Morgan fingerprint density at radius 2 is 1.87 bits per heavy atom. The second-order valence-electron chi connectivity index (χ2n) is 6.46. The van der Waals surface area contributed by atoms with E-state index in [-0.39, 0.29) is 17.9 Å². The van der Waals surface area contributed by atoms with Gasteiger partial charge in [-0.05, 0) is 69.6 Å². The van der Waals surface area contributed by atoms with Crippen LogP contribution in [0, 0.1) is 25.0 Å². The van der Waals surface area contributed by atoms with Crippen LogP contribution in [-0.2, 0) is 6.61 Å². The summed E-state index contributed by atoms with van der Waals surface area (Å²) in [5.41, 5.74) is 2.51. The maximum Gasteiger partial charge on any atom is 0.335 e. The first-order chi connectivity index (χ1) is 14.9. The number of carboxylic acid groups (broad SMARTS) is 1. The molecule has 0 saturated heterocycles. The number of nitro groups is 1. The van der Waals surface area contributed by atoms with Gasteiger partial charge in [0.05, 0.1) is 25.7 Å². The van der Waals surface area contributed by atoms with Crippen molar-refractivity contribution >= 4 is 45.9 Å². The van der Waals surface area contributed by atoms with Crippen molar-refractivity contribution in [3.8, 4) is 11.8 Å². The molecule has 7 nitrogen and oxygen atoms in total. The minimum atomic E-state index is -0.979. The quantitative estimate of drug-likeness (QED) is 0.142. The summed E-state index contributed by atoms with van der Waals surface area (Å²) in [5, 5.41) is 29.4. The standard InChI is InChI=1S/C23H15IN2O5/c24-21-11-16(10-19(13-25)18-2-1-3-20(12-18)26(29)30)6-9-22(21)31-14-15-4-7-17(8-5-15)23(27)28/h1-12H,14H2,(H,27,28)/b19-10-.